The second-order valence-electron chi connectivity index (χ2n) is 0. The Labute approximate surface area is 61.2 Å². The van der Waals surface area contributed by atoms with Gasteiger partial charge in [0.25, 0.3) is 0 Å². The molecule has 0 aliphatic heterocycles. The Kier molecular flexibility index (Phi) is 242. The van der Waals surface area contributed by atoms with Crippen LogP contribution in [0.4, 0.5) is 0 Å². The molecule has 0 aromatic rings. The van der Waals surface area contributed by atoms with Crippen LogP contribution in [0.1, 0.15) is 0 Å². The quantitative estimate of drug-likeness (QED) is 0.292. The van der Waals surface area contributed by atoms with Gasteiger partial charge in [-0.2, -0.15) is 0 Å². The molecule has 0 fully saturated rings. The summed E-state index contributed by atoms with van der Waals surface area (Å²) in [4.78, 5) is 0. The Morgan fingerprint density at radius 2 is 1.00 bits per heavy atom. The van der Waals surface area contributed by atoms with Crippen molar-refractivity contribution in [1.29, 1.82) is 0 Å². The minimum atomic E-state index is 0. The van der Waals surface area contributed by atoms with Crippen LogP contribution in [-0.4, -0.2) is 44.6 Å². The first-order valence-electron chi connectivity index (χ1n) is 0. The van der Waals surface area contributed by atoms with Crippen molar-refractivity contribution < 1.29 is 16.8 Å². The zero-order valence-corrected chi connectivity index (χ0v) is 1.37. The fourth-order valence-electron chi connectivity index (χ4n) is 0. The van der Waals surface area contributed by atoms with E-state index in [0.717, 1.165) is 0 Å². The van der Waals surface area contributed by atoms with Crippen molar-refractivity contribution in [3.05, 3.63) is 0 Å². The molecule has 0 saturated carbocycles. The average molecular weight is 111 g/mol. The molecule has 0 aromatic heterocycles. The number of hydrogen-bond acceptors (Lipinski definition) is 0. The van der Waals surface area contributed by atoms with Crippen molar-refractivity contribution in [3.8, 4) is 0 Å². The van der Waals surface area contributed by atoms with Crippen LogP contribution in [-0.2, 0) is 16.8 Å². The van der Waals surface area contributed by atoms with Crippen molar-refractivity contribution in [1.82, 2.24) is 0 Å². The summed E-state index contributed by atoms with van der Waals surface area (Å²) in [6.07, 6.45) is 0. The molecule has 0 amide bonds. The molecule has 0 unspecified atom stereocenters. The number of hydrogen-bond donors (Lipinski definition) is 0. The van der Waals surface area contributed by atoms with Crippen LogP contribution in [0.15, 0.2) is 0 Å². The Balaban J connectivity index is 0. The van der Waals surface area contributed by atoms with E-state index in [1.165, 1.54) is 0 Å². The predicted molar refractivity (Wildman–Crippen MR) is 27.0 cm³/mol. The maximum atomic E-state index is 0. The summed E-state index contributed by atoms with van der Waals surface area (Å²) in [6, 6.07) is 0. The molecule has 0 heterocycles. The van der Waals surface area contributed by atoms with Crippen LogP contribution in [0.5, 0.6) is 0 Å². The van der Waals surface area contributed by atoms with E-state index in [0.29, 0.717) is 0 Å². The van der Waals surface area contributed by atoms with E-state index in [1.807, 2.05) is 0 Å². The molecule has 0 aliphatic rings. The van der Waals surface area contributed by atoms with Gasteiger partial charge in [-0.1, -0.05) is 0 Å². The second kappa shape index (κ2) is 22.3. The normalized spacial score (nSPS) is 0. The van der Waals surface area contributed by atoms with Crippen LogP contribution >= 0.6 is 0 Å². The fourth-order valence-corrected chi connectivity index (χ4v) is 0. The standard InChI is InChI=1S/Al.BH3.Co.Li.4H/h;1H3;;;;;;. The van der Waals surface area contributed by atoms with Crippen LogP contribution < -0.4 is 0 Å². The topological polar surface area (TPSA) is 0 Å². The predicted octanol–water partition coefficient (Wildman–Crippen LogP) is -3.02. The molecule has 0 rings (SSSR count). The van der Waals surface area contributed by atoms with Gasteiger partial charge in [-0.15, -0.1) is 0 Å². The third-order valence-electron chi connectivity index (χ3n) is 0. The summed E-state index contributed by atoms with van der Waals surface area (Å²) in [6.45, 7) is 0. The van der Waals surface area contributed by atoms with Crippen molar-refractivity contribution in [2.24, 2.45) is 0 Å². The average Bonchev–Trinajstić information content (AvgIpc) is 0. The molecule has 0 spiro atoms. The summed E-state index contributed by atoms with van der Waals surface area (Å²) in [5, 5.41) is 0. The third kappa shape index (κ3) is 9.33. The van der Waals surface area contributed by atoms with E-state index >= 15 is 0 Å². The molecule has 0 aromatic carbocycles. The van der Waals surface area contributed by atoms with Crippen LogP contribution in [0, 0.1) is 0 Å². The SMILES string of the molecule is B.[AlH3].[Co].[LiH]. The van der Waals surface area contributed by atoms with Gasteiger partial charge in [0.05, 0.1) is 8.41 Å². The zero-order valence-electron chi connectivity index (χ0n) is 0.333. The van der Waals surface area contributed by atoms with Gasteiger partial charge in [0, 0.05) is 16.8 Å². The van der Waals surface area contributed by atoms with E-state index in [9.17, 15) is 0 Å². The Hall–Kier alpha value is 1.70. The molecule has 0 aliphatic carbocycles. The minimum absolute atomic E-state index is 0. The maximum absolute atomic E-state index is 0. The molecule has 23 valence electrons. The van der Waals surface area contributed by atoms with E-state index in [-0.39, 0.29) is 61.4 Å². The zero-order chi connectivity index (χ0) is 0. The summed E-state index contributed by atoms with van der Waals surface area (Å²) in [5.74, 6) is 0. The Morgan fingerprint density at radius 1 is 1.00 bits per heavy atom. The van der Waals surface area contributed by atoms with Gasteiger partial charge < -0.3 is 0 Å². The van der Waals surface area contributed by atoms with Gasteiger partial charge in [-0.3, -0.25) is 0 Å². The van der Waals surface area contributed by atoms with Crippen LogP contribution in [0.25, 0.3) is 0 Å². The number of rotatable bonds is 0. The van der Waals surface area contributed by atoms with Crippen molar-refractivity contribution in [2.45, 2.75) is 0 Å². The van der Waals surface area contributed by atoms with E-state index < -0.39 is 0 Å². The first-order valence-corrected chi connectivity index (χ1v) is 0. The molecular weight excluding hydrogens is 104 g/mol. The van der Waals surface area contributed by atoms with Crippen LogP contribution in [0.3, 0.4) is 0 Å². The molecule has 0 nitrogen and oxygen atoms in total. The molecular formula is H7AlBCoLi. The molecule has 0 N–H and O–H groups in total. The molecule has 1 radical (unpaired) electrons. The second-order valence-corrected chi connectivity index (χ2v) is 0. The summed E-state index contributed by atoms with van der Waals surface area (Å²) in [5.41, 5.74) is 0. The third-order valence-corrected chi connectivity index (χ3v) is 0. The van der Waals surface area contributed by atoms with Crippen molar-refractivity contribution in [2.75, 3.05) is 0 Å². The molecule has 0 atom stereocenters. The molecule has 4 heteroatoms. The van der Waals surface area contributed by atoms with Crippen molar-refractivity contribution >= 4 is 44.6 Å². The molecule has 4 heavy (non-hydrogen) atoms. The monoisotopic (exact) mass is 111 g/mol. The summed E-state index contributed by atoms with van der Waals surface area (Å²) < 4.78 is 0. The van der Waals surface area contributed by atoms with Gasteiger partial charge in [-0.05, 0) is 0 Å². The summed E-state index contributed by atoms with van der Waals surface area (Å²) >= 11 is 0. The summed E-state index contributed by atoms with van der Waals surface area (Å²) in [7, 11) is 0. The Bertz CT molecular complexity index is 8.00. The first-order chi connectivity index (χ1) is 0. The van der Waals surface area contributed by atoms with E-state index in [2.05, 4.69) is 0 Å². The van der Waals surface area contributed by atoms with Gasteiger partial charge in [0.1, 0.15) is 0 Å². The Morgan fingerprint density at radius 3 is 1.00 bits per heavy atom. The van der Waals surface area contributed by atoms with Gasteiger partial charge in [-0.25, -0.2) is 0 Å². The van der Waals surface area contributed by atoms with Gasteiger partial charge in [0.2, 0.25) is 0 Å². The van der Waals surface area contributed by atoms with Gasteiger partial charge >= 0.3 is 18.9 Å². The molecule has 0 bridgehead atoms. The fraction of sp³-hybridized carbons (Fsp3) is 0. The molecule has 0 saturated heterocycles. The first kappa shape index (κ1) is 43.5. The van der Waals surface area contributed by atoms with E-state index in [4.69, 9.17) is 0 Å². The van der Waals surface area contributed by atoms with Gasteiger partial charge in [0.15, 0.2) is 17.4 Å². The van der Waals surface area contributed by atoms with Crippen molar-refractivity contribution in [3.63, 3.8) is 0 Å². The van der Waals surface area contributed by atoms with E-state index in [1.54, 1.807) is 0 Å². The van der Waals surface area contributed by atoms with Crippen LogP contribution in [0.2, 0.25) is 0 Å².